The van der Waals surface area contributed by atoms with Gasteiger partial charge >= 0.3 is 0 Å². The number of thioether (sulfide) groups is 1. The van der Waals surface area contributed by atoms with Crippen LogP contribution in [-0.4, -0.2) is 24.0 Å². The maximum absolute atomic E-state index is 8.68. The molecule has 82 valence electrons. The smallest absolute Gasteiger partial charge is 0.0431 e. The molecule has 0 aliphatic carbocycles. The van der Waals surface area contributed by atoms with Gasteiger partial charge in [-0.1, -0.05) is 18.2 Å². The molecule has 1 aromatic rings. The second-order valence-electron chi connectivity index (χ2n) is 3.79. The molecule has 3 heteroatoms. The molecule has 0 radical (unpaired) electrons. The Morgan fingerprint density at radius 3 is 3.07 bits per heavy atom. The summed E-state index contributed by atoms with van der Waals surface area (Å²) in [5.74, 6) is 1.14. The number of aliphatic hydroxyl groups excluding tert-OH is 1. The number of fused-ring (bicyclic) bond motifs is 1. The summed E-state index contributed by atoms with van der Waals surface area (Å²) in [6.07, 6.45) is 1.95. The average molecular weight is 223 g/mol. The van der Waals surface area contributed by atoms with Crippen molar-refractivity contribution in [1.29, 1.82) is 0 Å². The Balaban J connectivity index is 1.85. The third-order valence-electron chi connectivity index (χ3n) is 2.68. The average Bonchev–Trinajstić information content (AvgIpc) is 2.68. The number of hydrogen-bond acceptors (Lipinski definition) is 3. The quantitative estimate of drug-likeness (QED) is 0.751. The lowest BCUT2D eigenvalue weighted by molar-refractivity contribution is 0.283. The number of benzene rings is 1. The molecule has 1 heterocycles. The second-order valence-corrected chi connectivity index (χ2v) is 4.85. The van der Waals surface area contributed by atoms with E-state index in [-0.39, 0.29) is 0 Å². The van der Waals surface area contributed by atoms with Crippen molar-refractivity contribution < 1.29 is 5.11 Å². The van der Waals surface area contributed by atoms with E-state index in [0.29, 0.717) is 12.6 Å². The topological polar surface area (TPSA) is 32.3 Å². The fourth-order valence-electron chi connectivity index (χ4n) is 1.84. The molecule has 0 saturated carbocycles. The summed E-state index contributed by atoms with van der Waals surface area (Å²) in [4.78, 5) is 1.41. The van der Waals surface area contributed by atoms with E-state index in [1.807, 2.05) is 11.8 Å². The van der Waals surface area contributed by atoms with Crippen molar-refractivity contribution in [3.05, 3.63) is 29.8 Å². The first kappa shape index (κ1) is 11.0. The summed E-state index contributed by atoms with van der Waals surface area (Å²) < 4.78 is 0. The Bertz CT molecular complexity index is 316. The normalized spacial score (nSPS) is 19.1. The highest BCUT2D eigenvalue weighted by Crippen LogP contribution is 2.37. The number of aliphatic hydroxyl groups is 1. The van der Waals surface area contributed by atoms with Gasteiger partial charge in [0.1, 0.15) is 0 Å². The van der Waals surface area contributed by atoms with Gasteiger partial charge in [0, 0.05) is 23.3 Å². The molecule has 0 saturated heterocycles. The van der Waals surface area contributed by atoms with Crippen LogP contribution < -0.4 is 5.32 Å². The van der Waals surface area contributed by atoms with Crippen LogP contribution >= 0.6 is 11.8 Å². The molecule has 2 N–H and O–H groups in total. The molecule has 0 amide bonds. The van der Waals surface area contributed by atoms with Gasteiger partial charge in [-0.15, -0.1) is 11.8 Å². The first-order valence-corrected chi connectivity index (χ1v) is 6.46. The molecule has 1 aliphatic heterocycles. The van der Waals surface area contributed by atoms with Gasteiger partial charge in [-0.3, -0.25) is 0 Å². The van der Waals surface area contributed by atoms with E-state index in [0.717, 1.165) is 25.1 Å². The van der Waals surface area contributed by atoms with Crippen LogP contribution in [0.2, 0.25) is 0 Å². The molecule has 0 bridgehead atoms. The SMILES string of the molecule is OCCCCNC1CSc2ccccc21. The summed E-state index contributed by atoms with van der Waals surface area (Å²) >= 11 is 1.93. The van der Waals surface area contributed by atoms with E-state index in [9.17, 15) is 0 Å². The van der Waals surface area contributed by atoms with Crippen molar-refractivity contribution >= 4 is 11.8 Å². The molecule has 2 rings (SSSR count). The Morgan fingerprint density at radius 2 is 2.20 bits per heavy atom. The zero-order valence-electron chi connectivity index (χ0n) is 8.78. The first-order chi connectivity index (χ1) is 7.42. The van der Waals surface area contributed by atoms with Crippen molar-refractivity contribution in [1.82, 2.24) is 5.32 Å². The zero-order chi connectivity index (χ0) is 10.5. The number of unbranched alkanes of at least 4 members (excludes halogenated alkanes) is 1. The molecule has 1 unspecified atom stereocenters. The van der Waals surface area contributed by atoms with Crippen molar-refractivity contribution in [2.24, 2.45) is 0 Å². The summed E-state index contributed by atoms with van der Waals surface area (Å²) in [7, 11) is 0. The minimum Gasteiger partial charge on any atom is -0.396 e. The summed E-state index contributed by atoms with van der Waals surface area (Å²) in [5, 5.41) is 12.2. The molecule has 15 heavy (non-hydrogen) atoms. The van der Waals surface area contributed by atoms with Gasteiger partial charge in [-0.2, -0.15) is 0 Å². The van der Waals surface area contributed by atoms with Crippen LogP contribution in [0.4, 0.5) is 0 Å². The molecule has 2 nitrogen and oxygen atoms in total. The van der Waals surface area contributed by atoms with E-state index in [1.165, 1.54) is 10.5 Å². The summed E-state index contributed by atoms with van der Waals surface area (Å²) in [6.45, 7) is 1.30. The lowest BCUT2D eigenvalue weighted by atomic mass is 10.1. The Kier molecular flexibility index (Phi) is 4.06. The minimum atomic E-state index is 0.303. The van der Waals surface area contributed by atoms with E-state index < -0.39 is 0 Å². The molecule has 1 aliphatic rings. The maximum atomic E-state index is 8.68. The highest BCUT2D eigenvalue weighted by Gasteiger charge is 2.21. The van der Waals surface area contributed by atoms with Crippen LogP contribution in [0, 0.1) is 0 Å². The lowest BCUT2D eigenvalue weighted by Crippen LogP contribution is -2.22. The predicted octanol–water partition coefficient (Wildman–Crippen LogP) is 2.20. The molecular formula is C12H17NOS. The highest BCUT2D eigenvalue weighted by molar-refractivity contribution is 7.99. The van der Waals surface area contributed by atoms with Gasteiger partial charge in [-0.25, -0.2) is 0 Å². The van der Waals surface area contributed by atoms with Gasteiger partial charge in [0.2, 0.25) is 0 Å². The Hall–Kier alpha value is -0.510. The predicted molar refractivity (Wildman–Crippen MR) is 64.2 cm³/mol. The summed E-state index contributed by atoms with van der Waals surface area (Å²) in [6, 6.07) is 9.10. The van der Waals surface area contributed by atoms with Crippen molar-refractivity contribution in [2.45, 2.75) is 23.8 Å². The molecule has 0 spiro atoms. The standard InChI is InChI=1S/C12H17NOS/c14-8-4-3-7-13-11-9-15-12-6-2-1-5-10(11)12/h1-2,5-6,11,13-14H,3-4,7-9H2. The third kappa shape index (κ3) is 2.74. The van der Waals surface area contributed by atoms with Crippen LogP contribution in [-0.2, 0) is 0 Å². The Morgan fingerprint density at radius 1 is 1.33 bits per heavy atom. The summed E-state index contributed by atoms with van der Waals surface area (Å²) in [5.41, 5.74) is 1.44. The fourth-order valence-corrected chi connectivity index (χ4v) is 3.04. The zero-order valence-corrected chi connectivity index (χ0v) is 9.59. The van der Waals surface area contributed by atoms with E-state index in [2.05, 4.69) is 29.6 Å². The van der Waals surface area contributed by atoms with Crippen molar-refractivity contribution in [3.8, 4) is 0 Å². The minimum absolute atomic E-state index is 0.303. The van der Waals surface area contributed by atoms with E-state index >= 15 is 0 Å². The third-order valence-corrected chi connectivity index (χ3v) is 3.86. The molecule has 0 fully saturated rings. The van der Waals surface area contributed by atoms with Crippen molar-refractivity contribution in [3.63, 3.8) is 0 Å². The van der Waals surface area contributed by atoms with Crippen LogP contribution in [0.1, 0.15) is 24.4 Å². The number of nitrogens with one attached hydrogen (secondary N) is 1. The molecule has 1 aromatic carbocycles. The van der Waals surface area contributed by atoms with Gasteiger partial charge in [0.25, 0.3) is 0 Å². The fraction of sp³-hybridized carbons (Fsp3) is 0.500. The monoisotopic (exact) mass is 223 g/mol. The van der Waals surface area contributed by atoms with Gasteiger partial charge in [0.15, 0.2) is 0 Å². The maximum Gasteiger partial charge on any atom is 0.0431 e. The van der Waals surface area contributed by atoms with Crippen LogP contribution in [0.25, 0.3) is 0 Å². The molecular weight excluding hydrogens is 206 g/mol. The van der Waals surface area contributed by atoms with Crippen LogP contribution in [0.5, 0.6) is 0 Å². The van der Waals surface area contributed by atoms with Gasteiger partial charge < -0.3 is 10.4 Å². The first-order valence-electron chi connectivity index (χ1n) is 5.48. The number of rotatable bonds is 5. The van der Waals surface area contributed by atoms with Crippen molar-refractivity contribution in [2.75, 3.05) is 18.9 Å². The molecule has 0 aromatic heterocycles. The van der Waals surface area contributed by atoms with E-state index in [1.54, 1.807) is 0 Å². The van der Waals surface area contributed by atoms with Gasteiger partial charge in [0.05, 0.1) is 0 Å². The van der Waals surface area contributed by atoms with Crippen LogP contribution in [0.3, 0.4) is 0 Å². The van der Waals surface area contributed by atoms with E-state index in [4.69, 9.17) is 5.11 Å². The lowest BCUT2D eigenvalue weighted by Gasteiger charge is -2.12. The second kappa shape index (κ2) is 5.54. The highest BCUT2D eigenvalue weighted by atomic mass is 32.2. The largest absolute Gasteiger partial charge is 0.396 e. The van der Waals surface area contributed by atoms with Crippen LogP contribution in [0.15, 0.2) is 29.2 Å². The number of hydrogen-bond donors (Lipinski definition) is 2. The molecule has 1 atom stereocenters. The Labute approximate surface area is 95.1 Å². The van der Waals surface area contributed by atoms with Gasteiger partial charge in [-0.05, 0) is 31.0 Å².